The average molecular weight is 434 g/mol. The largest absolute Gasteiger partial charge is 0.468 e. The molecule has 3 N–H and O–H groups in total. The number of nitrogens with zero attached hydrogens (tertiary/aromatic N) is 2. The molecule has 1 aliphatic heterocycles. The molecule has 0 spiro atoms. The zero-order chi connectivity index (χ0) is 15.6. The third-order valence-corrected chi connectivity index (χ3v) is 4.22. The first-order valence-corrected chi connectivity index (χ1v) is 8.62. The lowest BCUT2D eigenvalue weighted by molar-refractivity contribution is 0.221. The van der Waals surface area contributed by atoms with Crippen molar-refractivity contribution in [3.8, 4) is 0 Å². The fraction of sp³-hybridized carbons (Fsp3) is 0.706. The quantitative estimate of drug-likeness (QED) is 0.270. The number of hydrogen-bond donors (Lipinski definition) is 2. The molecular weight excluding hydrogens is 403 g/mol. The molecule has 1 aromatic rings. The smallest absolute Gasteiger partial charge is 0.188 e. The first-order valence-electron chi connectivity index (χ1n) is 8.62. The molecule has 0 amide bonds. The molecule has 2 rings (SSSR count). The molecule has 1 saturated heterocycles. The highest BCUT2D eigenvalue weighted by molar-refractivity contribution is 14.0. The number of rotatable bonds is 9. The van der Waals surface area contributed by atoms with Crippen molar-refractivity contribution in [2.45, 2.75) is 51.5 Å². The number of nitrogens with one attached hydrogen (secondary N) is 1. The fourth-order valence-corrected chi connectivity index (χ4v) is 2.93. The van der Waals surface area contributed by atoms with Gasteiger partial charge in [0.25, 0.3) is 0 Å². The van der Waals surface area contributed by atoms with Crippen molar-refractivity contribution in [2.75, 3.05) is 26.2 Å². The Morgan fingerprint density at radius 1 is 1.35 bits per heavy atom. The van der Waals surface area contributed by atoms with Gasteiger partial charge in [0.15, 0.2) is 5.96 Å². The maximum atomic E-state index is 5.98. The Kier molecular flexibility index (Phi) is 10.3. The van der Waals surface area contributed by atoms with E-state index >= 15 is 0 Å². The van der Waals surface area contributed by atoms with E-state index in [1.165, 1.54) is 32.1 Å². The Balaban J connectivity index is 0.00000264. The van der Waals surface area contributed by atoms with Gasteiger partial charge in [-0.05, 0) is 44.5 Å². The van der Waals surface area contributed by atoms with Crippen LogP contribution in [0.25, 0.3) is 0 Å². The van der Waals surface area contributed by atoms with Crippen molar-refractivity contribution in [3.05, 3.63) is 24.2 Å². The van der Waals surface area contributed by atoms with Crippen molar-refractivity contribution in [2.24, 2.45) is 10.7 Å². The minimum atomic E-state index is 0. The molecule has 0 radical (unpaired) electrons. The molecule has 2 heterocycles. The Bertz CT molecular complexity index is 430. The van der Waals surface area contributed by atoms with Crippen molar-refractivity contribution in [3.63, 3.8) is 0 Å². The van der Waals surface area contributed by atoms with Crippen LogP contribution in [0.5, 0.6) is 0 Å². The van der Waals surface area contributed by atoms with Crippen LogP contribution in [-0.2, 0) is 0 Å². The highest BCUT2D eigenvalue weighted by Gasteiger charge is 2.25. The number of halogens is 1. The molecule has 0 saturated carbocycles. The van der Waals surface area contributed by atoms with Gasteiger partial charge >= 0.3 is 0 Å². The van der Waals surface area contributed by atoms with E-state index in [9.17, 15) is 0 Å². The third kappa shape index (κ3) is 7.12. The predicted molar refractivity (Wildman–Crippen MR) is 106 cm³/mol. The van der Waals surface area contributed by atoms with E-state index < -0.39 is 0 Å². The lowest BCUT2D eigenvalue weighted by Crippen LogP contribution is -2.34. The molecule has 1 aromatic heterocycles. The highest BCUT2D eigenvalue weighted by atomic mass is 127. The van der Waals surface area contributed by atoms with Gasteiger partial charge in [0, 0.05) is 6.54 Å². The van der Waals surface area contributed by atoms with Crippen molar-refractivity contribution < 1.29 is 4.42 Å². The first kappa shape index (κ1) is 20.3. The fourth-order valence-electron chi connectivity index (χ4n) is 2.93. The summed E-state index contributed by atoms with van der Waals surface area (Å²) in [7, 11) is 0. The van der Waals surface area contributed by atoms with E-state index in [0.29, 0.717) is 12.5 Å². The van der Waals surface area contributed by atoms with Crippen LogP contribution in [-0.4, -0.2) is 37.0 Å². The van der Waals surface area contributed by atoms with Crippen LogP contribution < -0.4 is 11.1 Å². The van der Waals surface area contributed by atoms with Crippen LogP contribution in [0.4, 0.5) is 0 Å². The van der Waals surface area contributed by atoms with Gasteiger partial charge < -0.3 is 15.5 Å². The highest BCUT2D eigenvalue weighted by Crippen LogP contribution is 2.25. The van der Waals surface area contributed by atoms with Gasteiger partial charge in [0.2, 0.25) is 0 Å². The molecular formula is C17H31IN4O. The Morgan fingerprint density at radius 3 is 2.78 bits per heavy atom. The number of furan rings is 1. The minimum absolute atomic E-state index is 0. The van der Waals surface area contributed by atoms with Crippen LogP contribution in [0, 0.1) is 0 Å². The molecule has 1 fully saturated rings. The lowest BCUT2D eigenvalue weighted by Gasteiger charge is -2.24. The van der Waals surface area contributed by atoms with E-state index in [4.69, 9.17) is 10.2 Å². The maximum Gasteiger partial charge on any atom is 0.188 e. The van der Waals surface area contributed by atoms with Crippen molar-refractivity contribution >= 4 is 29.9 Å². The summed E-state index contributed by atoms with van der Waals surface area (Å²) >= 11 is 0. The predicted octanol–water partition coefficient (Wildman–Crippen LogP) is 3.52. The second-order valence-electron chi connectivity index (χ2n) is 5.99. The van der Waals surface area contributed by atoms with Crippen LogP contribution >= 0.6 is 24.0 Å². The van der Waals surface area contributed by atoms with E-state index in [0.717, 1.165) is 31.8 Å². The molecule has 1 atom stereocenters. The minimum Gasteiger partial charge on any atom is -0.468 e. The summed E-state index contributed by atoms with van der Waals surface area (Å²) in [4.78, 5) is 6.97. The standard InChI is InChI=1S/C17H30N4O.HI/c1-2-3-4-5-10-19-17(18)20-14-15(16-9-8-13-22-16)21-11-6-7-12-21;/h8-9,13,15H,2-7,10-12,14H2,1H3,(H3,18,19,20);1H. The van der Waals surface area contributed by atoms with Crippen molar-refractivity contribution in [1.29, 1.82) is 0 Å². The summed E-state index contributed by atoms with van der Waals surface area (Å²) < 4.78 is 5.59. The molecule has 1 aliphatic rings. The normalized spacial score (nSPS) is 17.0. The molecule has 0 aromatic carbocycles. The number of guanidine groups is 1. The van der Waals surface area contributed by atoms with E-state index in [1.807, 2.05) is 12.1 Å². The Hall–Kier alpha value is -0.760. The average Bonchev–Trinajstić information content (AvgIpc) is 3.21. The molecule has 1 unspecified atom stereocenters. The molecule has 23 heavy (non-hydrogen) atoms. The zero-order valence-electron chi connectivity index (χ0n) is 14.2. The second-order valence-corrected chi connectivity index (χ2v) is 5.99. The summed E-state index contributed by atoms with van der Waals surface area (Å²) in [6, 6.07) is 4.18. The molecule has 132 valence electrons. The van der Waals surface area contributed by atoms with Gasteiger partial charge in [-0.3, -0.25) is 9.89 Å². The summed E-state index contributed by atoms with van der Waals surface area (Å²) in [5, 5.41) is 3.21. The summed E-state index contributed by atoms with van der Waals surface area (Å²) in [5.74, 6) is 1.54. The van der Waals surface area contributed by atoms with Crippen LogP contribution in [0.15, 0.2) is 27.8 Å². The molecule has 0 aliphatic carbocycles. The lowest BCUT2D eigenvalue weighted by atomic mass is 10.2. The molecule has 6 heteroatoms. The Morgan fingerprint density at radius 2 is 2.13 bits per heavy atom. The van der Waals surface area contributed by atoms with Gasteiger partial charge in [-0.15, -0.1) is 24.0 Å². The summed E-state index contributed by atoms with van der Waals surface area (Å²) in [6.07, 6.45) is 9.19. The van der Waals surface area contributed by atoms with Crippen molar-refractivity contribution in [1.82, 2.24) is 10.2 Å². The maximum absolute atomic E-state index is 5.98. The van der Waals surface area contributed by atoms with E-state index in [1.54, 1.807) is 6.26 Å². The Labute approximate surface area is 157 Å². The van der Waals surface area contributed by atoms with Gasteiger partial charge in [-0.1, -0.05) is 26.2 Å². The first-order chi connectivity index (χ1) is 10.8. The number of hydrogen-bond acceptors (Lipinski definition) is 3. The van der Waals surface area contributed by atoms with Crippen LogP contribution in [0.2, 0.25) is 0 Å². The van der Waals surface area contributed by atoms with Crippen LogP contribution in [0.1, 0.15) is 57.3 Å². The van der Waals surface area contributed by atoms with Gasteiger partial charge in [-0.2, -0.15) is 0 Å². The topological polar surface area (TPSA) is 66.8 Å². The van der Waals surface area contributed by atoms with Gasteiger partial charge in [-0.25, -0.2) is 0 Å². The number of likely N-dealkylation sites (tertiary alicyclic amines) is 1. The van der Waals surface area contributed by atoms with E-state index in [-0.39, 0.29) is 30.0 Å². The number of nitrogens with two attached hydrogens (primary N) is 1. The van der Waals surface area contributed by atoms with Crippen LogP contribution in [0.3, 0.4) is 0 Å². The third-order valence-electron chi connectivity index (χ3n) is 4.22. The number of unbranched alkanes of at least 4 members (excludes halogenated alkanes) is 3. The number of aliphatic imine (C=N–C) groups is 1. The summed E-state index contributed by atoms with van der Waals surface area (Å²) in [5.41, 5.74) is 5.98. The van der Waals surface area contributed by atoms with Gasteiger partial charge in [0.1, 0.15) is 5.76 Å². The monoisotopic (exact) mass is 434 g/mol. The zero-order valence-corrected chi connectivity index (χ0v) is 16.5. The SMILES string of the molecule is CCCCCCNC(N)=NCC(c1ccco1)N1CCCC1.I. The second kappa shape index (κ2) is 11.7. The van der Waals surface area contributed by atoms with E-state index in [2.05, 4.69) is 22.1 Å². The summed E-state index contributed by atoms with van der Waals surface area (Å²) in [6.45, 7) is 6.01. The molecule has 5 nitrogen and oxygen atoms in total. The van der Waals surface area contributed by atoms with Gasteiger partial charge in [0.05, 0.1) is 18.8 Å². The molecule has 0 bridgehead atoms.